The summed E-state index contributed by atoms with van der Waals surface area (Å²) in [6, 6.07) is 6.64. The number of morpholine rings is 1. The van der Waals surface area contributed by atoms with Crippen LogP contribution in [0.4, 0.5) is 4.39 Å². The van der Waals surface area contributed by atoms with Crippen molar-refractivity contribution in [3.63, 3.8) is 0 Å². The highest BCUT2D eigenvalue weighted by molar-refractivity contribution is 5.79. The molecule has 5 nitrogen and oxygen atoms in total. The Balaban J connectivity index is 1.85. The van der Waals surface area contributed by atoms with Crippen molar-refractivity contribution in [2.45, 2.75) is 32.7 Å². The maximum absolute atomic E-state index is 12.9. The molecular formula is C19H31FN4O. The lowest BCUT2D eigenvalue weighted by Crippen LogP contribution is -2.52. The van der Waals surface area contributed by atoms with E-state index in [0.29, 0.717) is 0 Å². The summed E-state index contributed by atoms with van der Waals surface area (Å²) in [5.74, 6) is 0.628. The zero-order valence-electron chi connectivity index (χ0n) is 15.6. The second-order valence-corrected chi connectivity index (χ2v) is 6.91. The van der Waals surface area contributed by atoms with Crippen LogP contribution in [-0.2, 0) is 11.2 Å². The molecule has 0 atom stereocenters. The summed E-state index contributed by atoms with van der Waals surface area (Å²) in [4.78, 5) is 7.19. The number of benzene rings is 1. The van der Waals surface area contributed by atoms with Crippen molar-refractivity contribution < 1.29 is 9.13 Å². The number of nitrogens with one attached hydrogen (secondary N) is 2. The molecule has 1 aliphatic rings. The topological polar surface area (TPSA) is 48.9 Å². The first kappa shape index (κ1) is 19.7. The standard InChI is InChI=1S/C19H31FN4O/c1-4-21-18(22-10-9-16-5-7-17(20)8-6-16)23-15-19(2,3)24-11-13-25-14-12-24/h5-8H,4,9-15H2,1-3H3,(H2,21,22,23). The summed E-state index contributed by atoms with van der Waals surface area (Å²) >= 11 is 0. The summed E-state index contributed by atoms with van der Waals surface area (Å²) < 4.78 is 18.4. The molecule has 1 aliphatic heterocycles. The van der Waals surface area contributed by atoms with Crippen LogP contribution in [0.1, 0.15) is 26.3 Å². The van der Waals surface area contributed by atoms with Crippen molar-refractivity contribution in [3.05, 3.63) is 35.6 Å². The van der Waals surface area contributed by atoms with Gasteiger partial charge in [-0.1, -0.05) is 12.1 Å². The van der Waals surface area contributed by atoms with Gasteiger partial charge in [-0.3, -0.25) is 9.89 Å². The molecule has 1 saturated heterocycles. The van der Waals surface area contributed by atoms with Crippen molar-refractivity contribution in [2.24, 2.45) is 4.99 Å². The van der Waals surface area contributed by atoms with Crippen LogP contribution >= 0.6 is 0 Å². The normalized spacial score (nSPS) is 16.7. The maximum Gasteiger partial charge on any atom is 0.191 e. The molecule has 2 N–H and O–H groups in total. The molecule has 0 spiro atoms. The Hall–Kier alpha value is -1.66. The molecule has 0 amide bonds. The monoisotopic (exact) mass is 350 g/mol. The first-order valence-corrected chi connectivity index (χ1v) is 9.10. The predicted octanol–water partition coefficient (Wildman–Crippen LogP) is 2.03. The van der Waals surface area contributed by atoms with Crippen LogP contribution in [0, 0.1) is 5.82 Å². The Kier molecular flexibility index (Phi) is 7.65. The Labute approximate surface area is 150 Å². The minimum Gasteiger partial charge on any atom is -0.379 e. The Morgan fingerprint density at radius 1 is 1.20 bits per heavy atom. The number of hydrogen-bond acceptors (Lipinski definition) is 3. The quantitative estimate of drug-likeness (QED) is 0.584. The first-order valence-electron chi connectivity index (χ1n) is 9.10. The second kappa shape index (κ2) is 9.73. The summed E-state index contributed by atoms with van der Waals surface area (Å²) in [5, 5.41) is 6.65. The van der Waals surface area contributed by atoms with Crippen molar-refractivity contribution in [2.75, 3.05) is 45.9 Å². The molecule has 0 bridgehead atoms. The Morgan fingerprint density at radius 2 is 1.88 bits per heavy atom. The molecule has 0 saturated carbocycles. The van der Waals surface area contributed by atoms with E-state index in [1.54, 1.807) is 0 Å². The van der Waals surface area contributed by atoms with E-state index in [4.69, 9.17) is 9.73 Å². The first-order chi connectivity index (χ1) is 12.0. The van der Waals surface area contributed by atoms with Gasteiger partial charge in [0.05, 0.1) is 19.8 Å². The van der Waals surface area contributed by atoms with Gasteiger partial charge in [-0.15, -0.1) is 0 Å². The fraction of sp³-hybridized carbons (Fsp3) is 0.632. The lowest BCUT2D eigenvalue weighted by atomic mass is 10.0. The molecule has 6 heteroatoms. The number of aliphatic imine (C=N–C) groups is 1. The zero-order chi connectivity index (χ0) is 18.1. The SMILES string of the molecule is CCNC(=NCC(C)(C)N1CCOCC1)NCCc1ccc(F)cc1. The summed E-state index contributed by atoms with van der Waals surface area (Å²) in [6.45, 7) is 12.3. The van der Waals surface area contributed by atoms with Crippen LogP contribution in [0.25, 0.3) is 0 Å². The van der Waals surface area contributed by atoms with Gasteiger partial charge in [-0.25, -0.2) is 4.39 Å². The van der Waals surface area contributed by atoms with Crippen LogP contribution in [0.3, 0.4) is 0 Å². The molecule has 0 radical (unpaired) electrons. The third-order valence-electron chi connectivity index (χ3n) is 4.45. The van der Waals surface area contributed by atoms with Crippen LogP contribution < -0.4 is 10.6 Å². The van der Waals surface area contributed by atoms with Crippen LogP contribution in [0.15, 0.2) is 29.3 Å². The minimum absolute atomic E-state index is 0.00306. The van der Waals surface area contributed by atoms with Gasteiger partial charge in [0, 0.05) is 31.7 Å². The van der Waals surface area contributed by atoms with Gasteiger partial charge in [0.15, 0.2) is 5.96 Å². The van der Waals surface area contributed by atoms with Crippen molar-refractivity contribution >= 4 is 5.96 Å². The molecule has 2 rings (SSSR count). The lowest BCUT2D eigenvalue weighted by molar-refractivity contribution is -0.00683. The summed E-state index contributed by atoms with van der Waals surface area (Å²) in [6.07, 6.45) is 0.831. The zero-order valence-corrected chi connectivity index (χ0v) is 15.6. The van der Waals surface area contributed by atoms with E-state index in [-0.39, 0.29) is 11.4 Å². The predicted molar refractivity (Wildman–Crippen MR) is 101 cm³/mol. The van der Waals surface area contributed by atoms with Gasteiger partial charge in [-0.05, 0) is 44.9 Å². The number of ether oxygens (including phenoxy) is 1. The van der Waals surface area contributed by atoms with Crippen LogP contribution in [-0.4, -0.2) is 62.3 Å². The Bertz CT molecular complexity index is 539. The van der Waals surface area contributed by atoms with Gasteiger partial charge < -0.3 is 15.4 Å². The van der Waals surface area contributed by atoms with Gasteiger partial charge in [0.25, 0.3) is 0 Å². The smallest absolute Gasteiger partial charge is 0.191 e. The highest BCUT2D eigenvalue weighted by Crippen LogP contribution is 2.16. The number of hydrogen-bond donors (Lipinski definition) is 2. The average Bonchev–Trinajstić information content (AvgIpc) is 2.62. The van der Waals surface area contributed by atoms with Crippen LogP contribution in [0.2, 0.25) is 0 Å². The van der Waals surface area contributed by atoms with E-state index in [1.807, 2.05) is 12.1 Å². The highest BCUT2D eigenvalue weighted by Gasteiger charge is 2.28. The number of halogens is 1. The molecule has 1 fully saturated rings. The van der Waals surface area contributed by atoms with Gasteiger partial charge in [0.1, 0.15) is 5.82 Å². The largest absolute Gasteiger partial charge is 0.379 e. The highest BCUT2D eigenvalue weighted by atomic mass is 19.1. The third-order valence-corrected chi connectivity index (χ3v) is 4.45. The number of rotatable bonds is 7. The van der Waals surface area contributed by atoms with E-state index >= 15 is 0 Å². The van der Waals surface area contributed by atoms with E-state index < -0.39 is 0 Å². The molecule has 1 aromatic rings. The van der Waals surface area contributed by atoms with Crippen LogP contribution in [0.5, 0.6) is 0 Å². The van der Waals surface area contributed by atoms with E-state index in [9.17, 15) is 4.39 Å². The fourth-order valence-electron chi connectivity index (χ4n) is 2.86. The summed E-state index contributed by atoms with van der Waals surface area (Å²) in [7, 11) is 0. The molecule has 1 heterocycles. The minimum atomic E-state index is -0.197. The van der Waals surface area contributed by atoms with E-state index in [0.717, 1.165) is 63.9 Å². The maximum atomic E-state index is 12.9. The summed E-state index contributed by atoms with van der Waals surface area (Å²) in [5.41, 5.74) is 1.11. The van der Waals surface area contributed by atoms with E-state index in [2.05, 4.69) is 36.3 Å². The number of guanidine groups is 1. The second-order valence-electron chi connectivity index (χ2n) is 6.91. The van der Waals surface area contributed by atoms with Gasteiger partial charge >= 0.3 is 0 Å². The van der Waals surface area contributed by atoms with Crippen molar-refractivity contribution in [3.8, 4) is 0 Å². The molecule has 25 heavy (non-hydrogen) atoms. The van der Waals surface area contributed by atoms with E-state index in [1.165, 1.54) is 12.1 Å². The van der Waals surface area contributed by atoms with Crippen molar-refractivity contribution in [1.29, 1.82) is 0 Å². The lowest BCUT2D eigenvalue weighted by Gasteiger charge is -2.39. The molecule has 0 aliphatic carbocycles. The molecule has 140 valence electrons. The Morgan fingerprint density at radius 3 is 2.52 bits per heavy atom. The molecule has 0 aromatic heterocycles. The van der Waals surface area contributed by atoms with Gasteiger partial charge in [0.2, 0.25) is 0 Å². The van der Waals surface area contributed by atoms with Gasteiger partial charge in [-0.2, -0.15) is 0 Å². The fourth-order valence-corrected chi connectivity index (χ4v) is 2.86. The average molecular weight is 350 g/mol. The van der Waals surface area contributed by atoms with Crippen molar-refractivity contribution in [1.82, 2.24) is 15.5 Å². The molecule has 1 aromatic carbocycles. The molecule has 0 unspecified atom stereocenters. The number of nitrogens with zero attached hydrogens (tertiary/aromatic N) is 2. The molecular weight excluding hydrogens is 319 g/mol. The third kappa shape index (κ3) is 6.63.